The normalized spacial score (nSPS) is 16.1. The largest absolute Gasteiger partial charge is 0.355 e. The highest BCUT2D eigenvalue weighted by Gasteiger charge is 2.45. The van der Waals surface area contributed by atoms with Gasteiger partial charge in [0, 0.05) is 11.6 Å². The zero-order valence-corrected chi connectivity index (χ0v) is 12.3. The SMILES string of the molecule is CCNC(=O)CNC(=O)C1(c2ccc(Cl)cc2)CCC1. The molecule has 0 atom stereocenters. The Balaban J connectivity index is 2.05. The lowest BCUT2D eigenvalue weighted by molar-refractivity contribution is -0.132. The minimum absolute atomic E-state index is 0.0298. The molecule has 1 aliphatic carbocycles. The molecule has 5 heteroatoms. The van der Waals surface area contributed by atoms with Crippen molar-refractivity contribution in [1.82, 2.24) is 10.6 Å². The minimum Gasteiger partial charge on any atom is -0.355 e. The molecule has 108 valence electrons. The van der Waals surface area contributed by atoms with Crippen LogP contribution in [0.4, 0.5) is 0 Å². The van der Waals surface area contributed by atoms with Crippen molar-refractivity contribution < 1.29 is 9.59 Å². The van der Waals surface area contributed by atoms with Crippen LogP contribution in [0.5, 0.6) is 0 Å². The van der Waals surface area contributed by atoms with Gasteiger partial charge in [-0.1, -0.05) is 30.2 Å². The van der Waals surface area contributed by atoms with Crippen molar-refractivity contribution in [2.24, 2.45) is 0 Å². The molecule has 20 heavy (non-hydrogen) atoms. The van der Waals surface area contributed by atoms with Crippen molar-refractivity contribution in [2.45, 2.75) is 31.6 Å². The van der Waals surface area contributed by atoms with Crippen molar-refractivity contribution in [3.63, 3.8) is 0 Å². The van der Waals surface area contributed by atoms with Crippen LogP contribution in [0, 0.1) is 0 Å². The molecule has 4 nitrogen and oxygen atoms in total. The van der Waals surface area contributed by atoms with Crippen molar-refractivity contribution >= 4 is 23.4 Å². The van der Waals surface area contributed by atoms with E-state index in [4.69, 9.17) is 11.6 Å². The summed E-state index contributed by atoms with van der Waals surface area (Å²) in [4.78, 5) is 23.8. The Labute approximate surface area is 123 Å². The van der Waals surface area contributed by atoms with Crippen LogP contribution in [0.1, 0.15) is 31.7 Å². The Morgan fingerprint density at radius 3 is 2.35 bits per heavy atom. The third-order valence-corrected chi connectivity index (χ3v) is 4.07. The smallest absolute Gasteiger partial charge is 0.239 e. The van der Waals surface area contributed by atoms with Gasteiger partial charge in [-0.3, -0.25) is 9.59 Å². The van der Waals surface area contributed by atoms with Crippen LogP contribution in [-0.2, 0) is 15.0 Å². The summed E-state index contributed by atoms with van der Waals surface area (Å²) in [5.41, 5.74) is 0.485. The third kappa shape index (κ3) is 2.96. The molecular weight excluding hydrogens is 276 g/mol. The van der Waals surface area contributed by atoms with E-state index in [0.717, 1.165) is 24.8 Å². The summed E-state index contributed by atoms with van der Waals surface area (Å²) in [5.74, 6) is -0.233. The van der Waals surface area contributed by atoms with Crippen molar-refractivity contribution in [3.05, 3.63) is 34.9 Å². The van der Waals surface area contributed by atoms with Gasteiger partial charge in [0.25, 0.3) is 0 Å². The number of benzene rings is 1. The number of halogens is 1. The monoisotopic (exact) mass is 294 g/mol. The molecule has 0 unspecified atom stereocenters. The fourth-order valence-electron chi connectivity index (χ4n) is 2.54. The molecular formula is C15H19ClN2O2. The average Bonchev–Trinajstić information content (AvgIpc) is 2.38. The van der Waals surface area contributed by atoms with Gasteiger partial charge in [-0.2, -0.15) is 0 Å². The fourth-order valence-corrected chi connectivity index (χ4v) is 2.66. The zero-order valence-electron chi connectivity index (χ0n) is 11.5. The molecule has 0 heterocycles. The lowest BCUT2D eigenvalue weighted by Gasteiger charge is -2.40. The maximum absolute atomic E-state index is 12.4. The van der Waals surface area contributed by atoms with E-state index in [1.165, 1.54) is 0 Å². The van der Waals surface area contributed by atoms with Crippen LogP contribution in [0.2, 0.25) is 5.02 Å². The topological polar surface area (TPSA) is 58.2 Å². The molecule has 0 spiro atoms. The number of likely N-dealkylation sites (N-methyl/N-ethyl adjacent to an activating group) is 1. The second kappa shape index (κ2) is 6.27. The van der Waals surface area contributed by atoms with Crippen LogP contribution >= 0.6 is 11.6 Å². The maximum Gasteiger partial charge on any atom is 0.239 e. The summed E-state index contributed by atoms with van der Waals surface area (Å²) >= 11 is 5.89. The highest BCUT2D eigenvalue weighted by atomic mass is 35.5. The van der Waals surface area contributed by atoms with Crippen LogP contribution in [-0.4, -0.2) is 24.9 Å². The fraction of sp³-hybridized carbons (Fsp3) is 0.467. The molecule has 0 aliphatic heterocycles. The predicted molar refractivity (Wildman–Crippen MR) is 78.7 cm³/mol. The maximum atomic E-state index is 12.4. The Morgan fingerprint density at radius 1 is 1.20 bits per heavy atom. The molecule has 2 amide bonds. The second-order valence-corrected chi connectivity index (χ2v) is 5.52. The Kier molecular flexibility index (Phi) is 4.65. The molecule has 2 N–H and O–H groups in total. The number of hydrogen-bond acceptors (Lipinski definition) is 2. The van der Waals surface area contributed by atoms with E-state index < -0.39 is 5.41 Å². The van der Waals surface area contributed by atoms with E-state index in [9.17, 15) is 9.59 Å². The summed E-state index contributed by atoms with van der Waals surface area (Å²) in [7, 11) is 0. The van der Waals surface area contributed by atoms with Crippen LogP contribution in [0.25, 0.3) is 0 Å². The number of amides is 2. The zero-order chi connectivity index (χ0) is 14.6. The number of carbonyl (C=O) groups is 2. The van der Waals surface area contributed by atoms with E-state index in [1.54, 1.807) is 12.1 Å². The highest BCUT2D eigenvalue weighted by molar-refractivity contribution is 6.30. The highest BCUT2D eigenvalue weighted by Crippen LogP contribution is 2.44. The number of carbonyl (C=O) groups excluding carboxylic acids is 2. The molecule has 2 rings (SSSR count). The van der Waals surface area contributed by atoms with Gasteiger partial charge in [0.05, 0.1) is 12.0 Å². The summed E-state index contributed by atoms with van der Waals surface area (Å²) in [5, 5.41) is 6.06. The average molecular weight is 295 g/mol. The first-order valence-corrected chi connectivity index (χ1v) is 7.27. The van der Waals surface area contributed by atoms with E-state index >= 15 is 0 Å². The van der Waals surface area contributed by atoms with Gasteiger partial charge in [-0.05, 0) is 37.5 Å². The molecule has 0 bridgehead atoms. The number of nitrogens with one attached hydrogen (secondary N) is 2. The quantitative estimate of drug-likeness (QED) is 0.873. The number of rotatable bonds is 5. The molecule has 1 aliphatic rings. The molecule has 1 saturated carbocycles. The first kappa shape index (κ1) is 14.9. The molecule has 1 aromatic carbocycles. The first-order chi connectivity index (χ1) is 9.58. The molecule has 1 aromatic rings. The summed E-state index contributed by atoms with van der Waals surface area (Å²) in [6, 6.07) is 7.39. The molecule has 1 fully saturated rings. The van der Waals surface area contributed by atoms with Gasteiger partial charge in [0.15, 0.2) is 0 Å². The van der Waals surface area contributed by atoms with E-state index in [1.807, 2.05) is 19.1 Å². The van der Waals surface area contributed by atoms with Gasteiger partial charge in [0.2, 0.25) is 11.8 Å². The van der Waals surface area contributed by atoms with Gasteiger partial charge in [-0.25, -0.2) is 0 Å². The van der Waals surface area contributed by atoms with Gasteiger partial charge < -0.3 is 10.6 Å². The van der Waals surface area contributed by atoms with Crippen LogP contribution in [0.15, 0.2) is 24.3 Å². The number of hydrogen-bond donors (Lipinski definition) is 2. The predicted octanol–water partition coefficient (Wildman–Crippen LogP) is 2.01. The van der Waals surface area contributed by atoms with Crippen LogP contribution in [0.3, 0.4) is 0 Å². The summed E-state index contributed by atoms with van der Waals surface area (Å²) in [6.07, 6.45) is 2.66. The van der Waals surface area contributed by atoms with E-state index in [0.29, 0.717) is 11.6 Å². The first-order valence-electron chi connectivity index (χ1n) is 6.89. The minimum atomic E-state index is -0.489. The van der Waals surface area contributed by atoms with Crippen molar-refractivity contribution in [2.75, 3.05) is 13.1 Å². The lowest BCUT2D eigenvalue weighted by atomic mass is 9.64. The van der Waals surface area contributed by atoms with Crippen molar-refractivity contribution in [1.29, 1.82) is 0 Å². The second-order valence-electron chi connectivity index (χ2n) is 5.08. The standard InChI is InChI=1S/C15H19ClN2O2/c1-2-17-13(19)10-18-14(20)15(8-3-9-15)11-4-6-12(16)7-5-11/h4-7H,2-3,8-10H2,1H3,(H,17,19)(H,18,20). The van der Waals surface area contributed by atoms with E-state index in [-0.39, 0.29) is 18.4 Å². The van der Waals surface area contributed by atoms with Gasteiger partial charge >= 0.3 is 0 Å². The lowest BCUT2D eigenvalue weighted by Crippen LogP contribution is -2.51. The molecule has 0 radical (unpaired) electrons. The third-order valence-electron chi connectivity index (χ3n) is 3.82. The molecule has 0 aromatic heterocycles. The molecule has 0 saturated heterocycles. The van der Waals surface area contributed by atoms with Crippen LogP contribution < -0.4 is 10.6 Å². The van der Waals surface area contributed by atoms with Gasteiger partial charge in [-0.15, -0.1) is 0 Å². The Hall–Kier alpha value is -1.55. The Bertz CT molecular complexity index is 495. The Morgan fingerprint density at radius 2 is 1.85 bits per heavy atom. The van der Waals surface area contributed by atoms with Gasteiger partial charge in [0.1, 0.15) is 0 Å². The van der Waals surface area contributed by atoms with E-state index in [2.05, 4.69) is 10.6 Å². The summed E-state index contributed by atoms with van der Waals surface area (Å²) in [6.45, 7) is 2.44. The van der Waals surface area contributed by atoms with Crippen molar-refractivity contribution in [3.8, 4) is 0 Å². The summed E-state index contributed by atoms with van der Waals surface area (Å²) < 4.78 is 0.